The van der Waals surface area contributed by atoms with Gasteiger partial charge in [0.2, 0.25) is 0 Å². The average molecular weight is 264 g/mol. The highest BCUT2D eigenvalue weighted by molar-refractivity contribution is 4.84. The minimum atomic E-state index is 0.834. The lowest BCUT2D eigenvalue weighted by Gasteiger charge is -2.41. The number of hydrogen-bond acceptors (Lipinski definition) is 2. The van der Waals surface area contributed by atoms with Crippen molar-refractivity contribution in [2.45, 2.75) is 70.3 Å². The van der Waals surface area contributed by atoms with Crippen LogP contribution < -0.4 is 5.32 Å². The maximum atomic E-state index is 3.80. The van der Waals surface area contributed by atoms with Crippen molar-refractivity contribution in [2.24, 2.45) is 11.8 Å². The highest BCUT2D eigenvalue weighted by atomic mass is 15.1. The molecule has 1 N–H and O–H groups in total. The molecular weight excluding hydrogens is 232 g/mol. The molecule has 1 heterocycles. The second-order valence-corrected chi connectivity index (χ2v) is 7.18. The third kappa shape index (κ3) is 3.95. The molecule has 2 saturated carbocycles. The number of fused-ring (bicyclic) bond motifs is 1. The second-order valence-electron chi connectivity index (χ2n) is 7.18. The van der Waals surface area contributed by atoms with Crippen molar-refractivity contribution in [1.29, 1.82) is 0 Å². The molecule has 2 heteroatoms. The van der Waals surface area contributed by atoms with Crippen LogP contribution in [-0.4, -0.2) is 37.1 Å². The van der Waals surface area contributed by atoms with Gasteiger partial charge in [-0.1, -0.05) is 38.5 Å². The van der Waals surface area contributed by atoms with E-state index in [0.717, 1.165) is 17.9 Å². The van der Waals surface area contributed by atoms with Gasteiger partial charge in [0.15, 0.2) is 0 Å². The molecule has 0 spiro atoms. The fourth-order valence-electron chi connectivity index (χ4n) is 4.61. The van der Waals surface area contributed by atoms with E-state index in [-0.39, 0.29) is 0 Å². The van der Waals surface area contributed by atoms with Crippen LogP contribution in [0.5, 0.6) is 0 Å². The van der Waals surface area contributed by atoms with Crippen molar-refractivity contribution in [3.05, 3.63) is 0 Å². The number of nitrogens with zero attached hydrogens (tertiary/aromatic N) is 1. The van der Waals surface area contributed by atoms with Crippen molar-refractivity contribution in [1.82, 2.24) is 10.2 Å². The molecule has 0 aromatic carbocycles. The Labute approximate surface area is 119 Å². The molecule has 0 aromatic rings. The van der Waals surface area contributed by atoms with Crippen LogP contribution >= 0.6 is 0 Å². The average Bonchev–Trinajstić information content (AvgIpc) is 2.48. The second kappa shape index (κ2) is 7.08. The van der Waals surface area contributed by atoms with Gasteiger partial charge in [0.1, 0.15) is 0 Å². The molecule has 2 unspecified atom stereocenters. The van der Waals surface area contributed by atoms with Gasteiger partial charge in [0, 0.05) is 25.7 Å². The first-order chi connectivity index (χ1) is 9.42. The van der Waals surface area contributed by atoms with Crippen molar-refractivity contribution < 1.29 is 0 Å². The molecule has 2 aliphatic carbocycles. The molecule has 3 aliphatic rings. The van der Waals surface area contributed by atoms with E-state index in [4.69, 9.17) is 0 Å². The summed E-state index contributed by atoms with van der Waals surface area (Å²) in [7, 11) is 0. The van der Waals surface area contributed by atoms with Gasteiger partial charge in [0.25, 0.3) is 0 Å². The summed E-state index contributed by atoms with van der Waals surface area (Å²) in [6.07, 6.45) is 14.7. The molecule has 1 aliphatic heterocycles. The van der Waals surface area contributed by atoms with E-state index in [1.807, 2.05) is 0 Å². The molecule has 3 fully saturated rings. The first-order valence-electron chi connectivity index (χ1n) is 8.87. The predicted octanol–water partition coefficient (Wildman–Crippen LogP) is 3.42. The lowest BCUT2D eigenvalue weighted by Crippen LogP contribution is -2.45. The van der Waals surface area contributed by atoms with Crippen molar-refractivity contribution in [2.75, 3.05) is 26.2 Å². The van der Waals surface area contributed by atoms with Crippen LogP contribution in [0, 0.1) is 11.8 Å². The summed E-state index contributed by atoms with van der Waals surface area (Å²) in [5.41, 5.74) is 0. The summed E-state index contributed by atoms with van der Waals surface area (Å²) in [5.74, 6) is 2.12. The summed E-state index contributed by atoms with van der Waals surface area (Å²) in [6, 6.07) is 0.834. The normalized spacial score (nSPS) is 34.1. The Balaban J connectivity index is 1.34. The van der Waals surface area contributed by atoms with Crippen LogP contribution in [0.4, 0.5) is 0 Å². The largest absolute Gasteiger partial charge is 0.313 e. The van der Waals surface area contributed by atoms with Crippen LogP contribution in [0.1, 0.15) is 64.2 Å². The van der Waals surface area contributed by atoms with E-state index in [1.54, 1.807) is 0 Å². The summed E-state index contributed by atoms with van der Waals surface area (Å²) in [6.45, 7) is 5.28. The Morgan fingerprint density at radius 3 is 2.37 bits per heavy atom. The maximum absolute atomic E-state index is 3.80. The number of likely N-dealkylation sites (tertiary alicyclic amines) is 1. The van der Waals surface area contributed by atoms with Gasteiger partial charge >= 0.3 is 0 Å². The predicted molar refractivity (Wildman–Crippen MR) is 81.4 cm³/mol. The van der Waals surface area contributed by atoms with E-state index >= 15 is 0 Å². The smallest absolute Gasteiger partial charge is 0.0107 e. The zero-order chi connectivity index (χ0) is 12.9. The van der Waals surface area contributed by atoms with Crippen LogP contribution in [-0.2, 0) is 0 Å². The summed E-state index contributed by atoms with van der Waals surface area (Å²) >= 11 is 0. The standard InChI is InChI=1S/C17H32N2/c1-2-8-17(9-3-1)18-11-13-19-12-10-15-6-4-5-7-16(15)14-19/h15-18H,1-14H2. The van der Waals surface area contributed by atoms with E-state index in [0.29, 0.717) is 0 Å². The van der Waals surface area contributed by atoms with E-state index in [9.17, 15) is 0 Å². The molecule has 1 saturated heterocycles. The minimum Gasteiger partial charge on any atom is -0.313 e. The molecule has 19 heavy (non-hydrogen) atoms. The van der Waals surface area contributed by atoms with Crippen LogP contribution in [0.25, 0.3) is 0 Å². The number of nitrogens with one attached hydrogen (secondary N) is 1. The molecule has 0 radical (unpaired) electrons. The van der Waals surface area contributed by atoms with Crippen molar-refractivity contribution in [3.63, 3.8) is 0 Å². The molecular formula is C17H32N2. The van der Waals surface area contributed by atoms with Gasteiger partial charge in [-0.2, -0.15) is 0 Å². The molecule has 0 aromatic heterocycles. The first kappa shape index (κ1) is 13.9. The molecule has 110 valence electrons. The SMILES string of the molecule is C1CCC(NCCN2CCC3CCCCC3C2)CC1. The third-order valence-corrected chi connectivity index (χ3v) is 5.84. The van der Waals surface area contributed by atoms with Crippen molar-refractivity contribution in [3.8, 4) is 0 Å². The van der Waals surface area contributed by atoms with Gasteiger partial charge in [-0.05, 0) is 44.1 Å². The molecule has 2 nitrogen and oxygen atoms in total. The fourth-order valence-corrected chi connectivity index (χ4v) is 4.61. The zero-order valence-corrected chi connectivity index (χ0v) is 12.6. The Morgan fingerprint density at radius 2 is 1.53 bits per heavy atom. The number of hydrogen-bond donors (Lipinski definition) is 1. The van der Waals surface area contributed by atoms with E-state index < -0.39 is 0 Å². The minimum absolute atomic E-state index is 0.834. The highest BCUT2D eigenvalue weighted by Gasteiger charge is 2.30. The Bertz CT molecular complexity index is 260. The van der Waals surface area contributed by atoms with Gasteiger partial charge in [-0.15, -0.1) is 0 Å². The van der Waals surface area contributed by atoms with Gasteiger partial charge in [-0.25, -0.2) is 0 Å². The Hall–Kier alpha value is -0.0800. The zero-order valence-electron chi connectivity index (χ0n) is 12.6. The Morgan fingerprint density at radius 1 is 0.789 bits per heavy atom. The summed E-state index contributed by atoms with van der Waals surface area (Å²) in [4.78, 5) is 2.74. The third-order valence-electron chi connectivity index (χ3n) is 5.84. The van der Waals surface area contributed by atoms with Crippen LogP contribution in [0.15, 0.2) is 0 Å². The van der Waals surface area contributed by atoms with Gasteiger partial charge < -0.3 is 10.2 Å². The molecule has 0 amide bonds. The lowest BCUT2D eigenvalue weighted by atomic mass is 9.75. The molecule has 0 bridgehead atoms. The summed E-state index contributed by atoms with van der Waals surface area (Å²) < 4.78 is 0. The summed E-state index contributed by atoms with van der Waals surface area (Å²) in [5, 5.41) is 3.80. The van der Waals surface area contributed by atoms with Gasteiger partial charge in [-0.3, -0.25) is 0 Å². The lowest BCUT2D eigenvalue weighted by molar-refractivity contribution is 0.0867. The van der Waals surface area contributed by atoms with E-state index in [1.165, 1.54) is 90.4 Å². The maximum Gasteiger partial charge on any atom is 0.0107 e. The van der Waals surface area contributed by atoms with Crippen LogP contribution in [0.2, 0.25) is 0 Å². The quantitative estimate of drug-likeness (QED) is 0.837. The number of piperidine rings is 1. The molecule has 3 rings (SSSR count). The topological polar surface area (TPSA) is 15.3 Å². The van der Waals surface area contributed by atoms with E-state index in [2.05, 4.69) is 10.2 Å². The highest BCUT2D eigenvalue weighted by Crippen LogP contribution is 2.35. The monoisotopic (exact) mass is 264 g/mol. The number of rotatable bonds is 4. The van der Waals surface area contributed by atoms with Crippen molar-refractivity contribution >= 4 is 0 Å². The van der Waals surface area contributed by atoms with Gasteiger partial charge in [0.05, 0.1) is 0 Å². The fraction of sp³-hybridized carbons (Fsp3) is 1.00. The molecule has 2 atom stereocenters. The first-order valence-corrected chi connectivity index (χ1v) is 8.87. The van der Waals surface area contributed by atoms with Crippen LogP contribution in [0.3, 0.4) is 0 Å². The Kier molecular flexibility index (Phi) is 5.17.